The van der Waals surface area contributed by atoms with Gasteiger partial charge in [-0.2, -0.15) is 0 Å². The SMILES string of the molecule is CC(C)=C(OCc1ccccc1)C1=C(C)N=C(NN)N(N)C1c1ccccc1-c1ccc(C(=O)O)cc1. The molecule has 0 aliphatic carbocycles. The number of nitrogens with one attached hydrogen (secondary N) is 1. The molecule has 1 aliphatic heterocycles. The Kier molecular flexibility index (Phi) is 7.71. The maximum atomic E-state index is 11.4. The number of aliphatic imine (C=N–C) groups is 1. The number of ether oxygens (including phenoxy) is 1. The van der Waals surface area contributed by atoms with Crippen molar-refractivity contribution in [1.82, 2.24) is 10.4 Å². The van der Waals surface area contributed by atoms with Gasteiger partial charge in [-0.3, -0.25) is 10.4 Å². The van der Waals surface area contributed by atoms with E-state index in [-0.39, 0.29) is 5.56 Å². The van der Waals surface area contributed by atoms with Crippen LogP contribution in [0.1, 0.15) is 48.3 Å². The number of aromatic carboxylic acids is 1. The molecular weight excluding hydrogens is 466 g/mol. The van der Waals surface area contributed by atoms with Crippen LogP contribution in [0.25, 0.3) is 11.1 Å². The molecule has 0 fully saturated rings. The molecule has 0 saturated heterocycles. The predicted octanol–water partition coefficient (Wildman–Crippen LogP) is 4.89. The minimum Gasteiger partial charge on any atom is -0.489 e. The maximum Gasteiger partial charge on any atom is 0.335 e. The lowest BCUT2D eigenvalue weighted by atomic mass is 9.87. The van der Waals surface area contributed by atoms with Crippen LogP contribution in [0.15, 0.2) is 106 Å². The van der Waals surface area contributed by atoms with Gasteiger partial charge in [0.1, 0.15) is 18.4 Å². The minimum absolute atomic E-state index is 0.221. The van der Waals surface area contributed by atoms with Crippen molar-refractivity contribution in [3.05, 3.63) is 118 Å². The Labute approximate surface area is 216 Å². The first-order valence-electron chi connectivity index (χ1n) is 11.9. The Morgan fingerprint density at radius 2 is 1.68 bits per heavy atom. The second-order valence-corrected chi connectivity index (χ2v) is 8.96. The summed E-state index contributed by atoms with van der Waals surface area (Å²) >= 11 is 0. The zero-order valence-electron chi connectivity index (χ0n) is 21.1. The molecule has 0 saturated carbocycles. The fraction of sp³-hybridized carbons (Fsp3) is 0.172. The van der Waals surface area contributed by atoms with E-state index in [4.69, 9.17) is 16.4 Å². The molecular formula is C29H31N5O3. The number of carboxylic acids is 1. The van der Waals surface area contributed by atoms with E-state index >= 15 is 0 Å². The molecule has 0 aromatic heterocycles. The van der Waals surface area contributed by atoms with E-state index in [9.17, 15) is 9.90 Å². The number of carboxylic acid groups (broad SMARTS) is 1. The van der Waals surface area contributed by atoms with Crippen LogP contribution in [-0.2, 0) is 11.3 Å². The molecule has 0 amide bonds. The molecule has 4 rings (SSSR count). The fourth-order valence-electron chi connectivity index (χ4n) is 4.45. The van der Waals surface area contributed by atoms with Gasteiger partial charge in [-0.25, -0.2) is 21.5 Å². The third kappa shape index (κ3) is 5.40. The molecule has 8 heteroatoms. The zero-order chi connectivity index (χ0) is 26.5. The molecule has 1 atom stereocenters. The smallest absolute Gasteiger partial charge is 0.335 e. The standard InChI is InChI=1S/C29H31N5O3/c1-18(2)27(37-17-20-9-5-4-6-10-20)25-19(3)32-29(33-30)34(31)26(25)24-12-8-7-11-23(24)21-13-15-22(16-14-21)28(35)36/h4-16,26H,17,30-31H2,1-3H3,(H,32,33)(H,35,36). The van der Waals surface area contributed by atoms with Gasteiger partial charge in [0, 0.05) is 5.57 Å². The summed E-state index contributed by atoms with van der Waals surface area (Å²) in [5, 5.41) is 10.8. The average Bonchev–Trinajstić information content (AvgIpc) is 2.91. The summed E-state index contributed by atoms with van der Waals surface area (Å²) in [7, 11) is 0. The minimum atomic E-state index is -0.972. The van der Waals surface area contributed by atoms with Gasteiger partial charge in [0.2, 0.25) is 5.96 Å². The number of hydrogen-bond donors (Lipinski definition) is 4. The first-order valence-corrected chi connectivity index (χ1v) is 11.9. The fourth-order valence-corrected chi connectivity index (χ4v) is 4.45. The largest absolute Gasteiger partial charge is 0.489 e. The Morgan fingerprint density at radius 3 is 2.30 bits per heavy atom. The summed E-state index contributed by atoms with van der Waals surface area (Å²) in [5.74, 6) is 12.5. The van der Waals surface area contributed by atoms with Crippen molar-refractivity contribution in [2.24, 2.45) is 16.7 Å². The molecule has 37 heavy (non-hydrogen) atoms. The molecule has 0 spiro atoms. The van der Waals surface area contributed by atoms with E-state index in [1.165, 1.54) is 5.01 Å². The molecule has 3 aromatic carbocycles. The second-order valence-electron chi connectivity index (χ2n) is 8.96. The number of rotatable bonds is 7. The third-order valence-electron chi connectivity index (χ3n) is 6.21. The summed E-state index contributed by atoms with van der Waals surface area (Å²) < 4.78 is 6.41. The number of allylic oxidation sites excluding steroid dienone is 2. The highest BCUT2D eigenvalue weighted by Gasteiger charge is 2.35. The summed E-state index contributed by atoms with van der Waals surface area (Å²) in [6, 6.07) is 24.1. The third-order valence-corrected chi connectivity index (χ3v) is 6.21. The molecule has 0 bridgehead atoms. The van der Waals surface area contributed by atoms with Crippen molar-refractivity contribution in [2.75, 3.05) is 0 Å². The number of nitrogens with zero attached hydrogens (tertiary/aromatic N) is 2. The highest BCUT2D eigenvalue weighted by molar-refractivity contribution is 5.88. The lowest BCUT2D eigenvalue weighted by molar-refractivity contribution is 0.0697. The molecule has 0 radical (unpaired) electrons. The molecule has 1 unspecified atom stereocenters. The first kappa shape index (κ1) is 25.7. The number of nitrogens with two attached hydrogens (primary N) is 2. The van der Waals surface area contributed by atoms with Gasteiger partial charge >= 0.3 is 5.97 Å². The van der Waals surface area contributed by atoms with Crippen LogP contribution in [0.5, 0.6) is 0 Å². The topological polar surface area (TPSA) is 126 Å². The summed E-state index contributed by atoms with van der Waals surface area (Å²) in [6.45, 7) is 6.29. The van der Waals surface area contributed by atoms with E-state index in [0.717, 1.165) is 39.1 Å². The number of hydrazine groups is 2. The van der Waals surface area contributed by atoms with Crippen molar-refractivity contribution in [3.8, 4) is 11.1 Å². The van der Waals surface area contributed by atoms with Crippen LogP contribution in [0.4, 0.5) is 0 Å². The highest BCUT2D eigenvalue weighted by atomic mass is 16.5. The average molecular weight is 498 g/mol. The van der Waals surface area contributed by atoms with E-state index in [1.807, 2.05) is 75.4 Å². The van der Waals surface area contributed by atoms with Crippen LogP contribution in [0.2, 0.25) is 0 Å². The number of guanidine groups is 1. The molecule has 3 aromatic rings. The maximum absolute atomic E-state index is 11.4. The molecule has 1 aliphatic rings. The van der Waals surface area contributed by atoms with Crippen LogP contribution < -0.4 is 17.1 Å². The lowest BCUT2D eigenvalue weighted by Crippen LogP contribution is -2.52. The quantitative estimate of drug-likeness (QED) is 0.208. The Morgan fingerprint density at radius 1 is 1.03 bits per heavy atom. The number of benzene rings is 3. The Hall–Kier alpha value is -4.40. The monoisotopic (exact) mass is 497 g/mol. The van der Waals surface area contributed by atoms with Crippen LogP contribution in [0, 0.1) is 0 Å². The Balaban J connectivity index is 1.83. The normalized spacial score (nSPS) is 15.2. The zero-order valence-corrected chi connectivity index (χ0v) is 21.1. The number of carbonyl (C=O) groups is 1. The lowest BCUT2D eigenvalue weighted by Gasteiger charge is -2.37. The van der Waals surface area contributed by atoms with Crippen molar-refractivity contribution < 1.29 is 14.6 Å². The molecule has 6 N–H and O–H groups in total. The summed E-state index contributed by atoms with van der Waals surface area (Å²) in [4.78, 5) is 16.0. The van der Waals surface area contributed by atoms with Crippen molar-refractivity contribution >= 4 is 11.9 Å². The van der Waals surface area contributed by atoms with E-state index in [1.54, 1.807) is 24.3 Å². The molecule has 1 heterocycles. The van der Waals surface area contributed by atoms with Crippen molar-refractivity contribution in [2.45, 2.75) is 33.4 Å². The molecule has 8 nitrogen and oxygen atoms in total. The van der Waals surface area contributed by atoms with Gasteiger partial charge in [0.15, 0.2) is 0 Å². The summed E-state index contributed by atoms with van der Waals surface area (Å²) in [5.41, 5.74) is 9.05. The van der Waals surface area contributed by atoms with Crippen LogP contribution in [-0.4, -0.2) is 22.0 Å². The van der Waals surface area contributed by atoms with Gasteiger partial charge in [-0.15, -0.1) is 0 Å². The van der Waals surface area contributed by atoms with Gasteiger partial charge in [-0.05, 0) is 60.7 Å². The van der Waals surface area contributed by atoms with E-state index in [2.05, 4.69) is 10.4 Å². The molecule has 190 valence electrons. The van der Waals surface area contributed by atoms with E-state index in [0.29, 0.717) is 18.3 Å². The van der Waals surface area contributed by atoms with Gasteiger partial charge < -0.3 is 9.84 Å². The van der Waals surface area contributed by atoms with Crippen LogP contribution >= 0.6 is 0 Å². The first-order chi connectivity index (χ1) is 17.8. The second kappa shape index (κ2) is 11.1. The van der Waals surface area contributed by atoms with E-state index < -0.39 is 12.0 Å². The predicted molar refractivity (Wildman–Crippen MR) is 145 cm³/mol. The number of hydrogen-bond acceptors (Lipinski definition) is 7. The highest BCUT2D eigenvalue weighted by Crippen LogP contribution is 2.42. The van der Waals surface area contributed by atoms with Gasteiger partial charge in [-0.1, -0.05) is 66.7 Å². The van der Waals surface area contributed by atoms with Crippen molar-refractivity contribution in [1.29, 1.82) is 0 Å². The van der Waals surface area contributed by atoms with Gasteiger partial charge in [0.05, 0.1) is 11.3 Å². The van der Waals surface area contributed by atoms with Crippen molar-refractivity contribution in [3.63, 3.8) is 0 Å². The summed E-state index contributed by atoms with van der Waals surface area (Å²) in [6.07, 6.45) is 0. The van der Waals surface area contributed by atoms with Crippen LogP contribution in [0.3, 0.4) is 0 Å². The Bertz CT molecular complexity index is 1370. The van der Waals surface area contributed by atoms with Gasteiger partial charge in [0.25, 0.3) is 0 Å².